The molecule has 2 amide bonds. The Labute approximate surface area is 123 Å². The van der Waals surface area contributed by atoms with Crippen molar-refractivity contribution in [1.82, 2.24) is 0 Å². The van der Waals surface area contributed by atoms with Gasteiger partial charge in [0.1, 0.15) is 11.8 Å². The fraction of sp³-hybridized carbons (Fsp3) is 0.125. The number of nitrogens with zero attached hydrogens (tertiary/aromatic N) is 1. The fourth-order valence-corrected chi connectivity index (χ4v) is 1.82. The lowest BCUT2D eigenvalue weighted by atomic mass is 10.2. The highest BCUT2D eigenvalue weighted by molar-refractivity contribution is 6.01. The molecule has 0 bridgehead atoms. The molecule has 2 rings (SSSR count). The molecule has 0 aliphatic carbocycles. The number of benzene rings is 2. The van der Waals surface area contributed by atoms with Crippen LogP contribution in [0, 0.1) is 11.3 Å². The van der Waals surface area contributed by atoms with Crippen molar-refractivity contribution in [2.24, 2.45) is 0 Å². The van der Waals surface area contributed by atoms with E-state index in [1.54, 1.807) is 42.5 Å². The third-order valence-corrected chi connectivity index (χ3v) is 2.73. The van der Waals surface area contributed by atoms with Gasteiger partial charge in [-0.1, -0.05) is 24.3 Å². The van der Waals surface area contributed by atoms with Gasteiger partial charge >= 0.3 is 6.03 Å². The molecule has 0 saturated carbocycles. The van der Waals surface area contributed by atoms with Crippen molar-refractivity contribution in [2.75, 3.05) is 17.2 Å². The van der Waals surface area contributed by atoms with Crippen LogP contribution in [-0.4, -0.2) is 12.6 Å². The van der Waals surface area contributed by atoms with Crippen LogP contribution in [0.25, 0.3) is 0 Å². The summed E-state index contributed by atoms with van der Waals surface area (Å²) >= 11 is 0. The van der Waals surface area contributed by atoms with Gasteiger partial charge in [0, 0.05) is 0 Å². The molecule has 0 aliphatic rings. The van der Waals surface area contributed by atoms with Gasteiger partial charge in [0.15, 0.2) is 0 Å². The van der Waals surface area contributed by atoms with Gasteiger partial charge in [-0.25, -0.2) is 4.79 Å². The van der Waals surface area contributed by atoms with Crippen LogP contribution in [0.3, 0.4) is 0 Å². The number of anilines is 2. The fourth-order valence-electron chi connectivity index (χ4n) is 1.82. The summed E-state index contributed by atoms with van der Waals surface area (Å²) < 4.78 is 5.44. The number of nitrogens with one attached hydrogen (secondary N) is 2. The molecular weight excluding hydrogens is 266 g/mol. The van der Waals surface area contributed by atoms with Gasteiger partial charge in [0.25, 0.3) is 0 Å². The second-order valence-electron chi connectivity index (χ2n) is 4.17. The standard InChI is InChI=1S/C16H15N3O2/c1-2-21-15-10-6-5-9-14(15)19-16(20)18-13-8-4-3-7-12(13)11-17/h3-10H,2H2,1H3,(H2,18,19,20). The normalized spacial score (nSPS) is 9.52. The van der Waals surface area contributed by atoms with Crippen molar-refractivity contribution in [1.29, 1.82) is 5.26 Å². The summed E-state index contributed by atoms with van der Waals surface area (Å²) in [5, 5.41) is 14.4. The van der Waals surface area contributed by atoms with Crippen LogP contribution in [0.2, 0.25) is 0 Å². The van der Waals surface area contributed by atoms with Crippen molar-refractivity contribution in [3.63, 3.8) is 0 Å². The molecule has 0 fully saturated rings. The Balaban J connectivity index is 2.11. The van der Waals surface area contributed by atoms with E-state index in [2.05, 4.69) is 10.6 Å². The van der Waals surface area contributed by atoms with Crippen molar-refractivity contribution in [2.45, 2.75) is 6.92 Å². The molecule has 106 valence electrons. The van der Waals surface area contributed by atoms with E-state index >= 15 is 0 Å². The van der Waals surface area contributed by atoms with E-state index < -0.39 is 6.03 Å². The van der Waals surface area contributed by atoms with Crippen LogP contribution in [-0.2, 0) is 0 Å². The monoisotopic (exact) mass is 281 g/mol. The minimum absolute atomic E-state index is 0.408. The van der Waals surface area contributed by atoms with E-state index in [1.807, 2.05) is 19.1 Å². The molecule has 2 N–H and O–H groups in total. The van der Waals surface area contributed by atoms with E-state index in [-0.39, 0.29) is 0 Å². The van der Waals surface area contributed by atoms with Crippen molar-refractivity contribution >= 4 is 17.4 Å². The first-order valence-electron chi connectivity index (χ1n) is 6.53. The number of carbonyl (C=O) groups excluding carboxylic acids is 1. The van der Waals surface area contributed by atoms with Crippen LogP contribution in [0.15, 0.2) is 48.5 Å². The third-order valence-electron chi connectivity index (χ3n) is 2.73. The molecule has 5 heteroatoms. The summed E-state index contributed by atoms with van der Waals surface area (Å²) in [5.74, 6) is 0.601. The van der Waals surface area contributed by atoms with Crippen LogP contribution < -0.4 is 15.4 Å². The van der Waals surface area contributed by atoms with Crippen LogP contribution >= 0.6 is 0 Å². The zero-order chi connectivity index (χ0) is 15.1. The summed E-state index contributed by atoms with van der Waals surface area (Å²) in [5.41, 5.74) is 1.45. The predicted molar refractivity (Wildman–Crippen MR) is 81.4 cm³/mol. The first kappa shape index (κ1) is 14.4. The second-order valence-corrected chi connectivity index (χ2v) is 4.17. The molecule has 2 aromatic rings. The highest BCUT2D eigenvalue weighted by Crippen LogP contribution is 2.24. The number of ether oxygens (including phenoxy) is 1. The lowest BCUT2D eigenvalue weighted by Crippen LogP contribution is -2.20. The number of hydrogen-bond acceptors (Lipinski definition) is 3. The molecule has 0 heterocycles. The smallest absolute Gasteiger partial charge is 0.323 e. The van der Waals surface area contributed by atoms with Gasteiger partial charge in [-0.3, -0.25) is 0 Å². The van der Waals surface area contributed by atoms with Crippen LogP contribution in [0.1, 0.15) is 12.5 Å². The molecule has 21 heavy (non-hydrogen) atoms. The lowest BCUT2D eigenvalue weighted by Gasteiger charge is -2.12. The maximum absolute atomic E-state index is 12.0. The molecule has 0 saturated heterocycles. The topological polar surface area (TPSA) is 74.2 Å². The van der Waals surface area contributed by atoms with Crippen molar-refractivity contribution in [3.05, 3.63) is 54.1 Å². The third kappa shape index (κ3) is 3.74. The molecule has 0 atom stereocenters. The van der Waals surface area contributed by atoms with E-state index in [0.717, 1.165) is 0 Å². The first-order chi connectivity index (χ1) is 10.2. The van der Waals surface area contributed by atoms with Gasteiger partial charge in [-0.2, -0.15) is 5.26 Å². The summed E-state index contributed by atoms with van der Waals surface area (Å²) in [4.78, 5) is 12.0. The SMILES string of the molecule is CCOc1ccccc1NC(=O)Nc1ccccc1C#N. The lowest BCUT2D eigenvalue weighted by molar-refractivity contribution is 0.262. The summed E-state index contributed by atoms with van der Waals surface area (Å²) in [6, 6.07) is 15.6. The minimum Gasteiger partial charge on any atom is -0.492 e. The van der Waals surface area contributed by atoms with Gasteiger partial charge in [0.2, 0.25) is 0 Å². The average Bonchev–Trinajstić information content (AvgIpc) is 2.50. The first-order valence-corrected chi connectivity index (χ1v) is 6.53. The Morgan fingerprint density at radius 2 is 1.71 bits per heavy atom. The number of hydrogen-bond donors (Lipinski definition) is 2. The zero-order valence-electron chi connectivity index (χ0n) is 11.6. The number of nitriles is 1. The van der Waals surface area contributed by atoms with Crippen LogP contribution in [0.5, 0.6) is 5.75 Å². The summed E-state index contributed by atoms with van der Waals surface area (Å²) in [6.45, 7) is 2.39. The maximum atomic E-state index is 12.0. The Morgan fingerprint density at radius 1 is 1.10 bits per heavy atom. The highest BCUT2D eigenvalue weighted by Gasteiger charge is 2.09. The van der Waals surface area contributed by atoms with Gasteiger partial charge in [-0.05, 0) is 31.2 Å². The van der Waals surface area contributed by atoms with Gasteiger partial charge in [-0.15, -0.1) is 0 Å². The molecule has 0 spiro atoms. The maximum Gasteiger partial charge on any atom is 0.323 e. The molecule has 5 nitrogen and oxygen atoms in total. The Morgan fingerprint density at radius 3 is 2.43 bits per heavy atom. The van der Waals surface area contributed by atoms with E-state index in [4.69, 9.17) is 10.00 Å². The molecule has 0 aromatic heterocycles. The summed E-state index contributed by atoms with van der Waals surface area (Å²) in [7, 11) is 0. The number of para-hydroxylation sites is 3. The largest absolute Gasteiger partial charge is 0.492 e. The van der Waals surface area contributed by atoms with E-state index in [0.29, 0.717) is 29.3 Å². The quantitative estimate of drug-likeness (QED) is 0.899. The average molecular weight is 281 g/mol. The highest BCUT2D eigenvalue weighted by atomic mass is 16.5. The van der Waals surface area contributed by atoms with Crippen molar-refractivity contribution in [3.8, 4) is 11.8 Å². The second kappa shape index (κ2) is 6.96. The molecule has 2 aromatic carbocycles. The Bertz CT molecular complexity index is 677. The minimum atomic E-state index is -0.426. The van der Waals surface area contributed by atoms with Gasteiger partial charge in [0.05, 0.1) is 23.5 Å². The number of urea groups is 1. The zero-order valence-corrected chi connectivity index (χ0v) is 11.6. The number of carbonyl (C=O) groups is 1. The van der Waals surface area contributed by atoms with Crippen LogP contribution in [0.4, 0.5) is 16.2 Å². The van der Waals surface area contributed by atoms with Gasteiger partial charge < -0.3 is 15.4 Å². The molecular formula is C16H15N3O2. The molecule has 0 radical (unpaired) electrons. The molecule has 0 unspecified atom stereocenters. The summed E-state index contributed by atoms with van der Waals surface area (Å²) in [6.07, 6.45) is 0. The number of amides is 2. The Hall–Kier alpha value is -3.00. The number of rotatable bonds is 4. The van der Waals surface area contributed by atoms with E-state index in [1.165, 1.54) is 0 Å². The van der Waals surface area contributed by atoms with E-state index in [9.17, 15) is 4.79 Å². The Kier molecular flexibility index (Phi) is 4.78. The predicted octanol–water partition coefficient (Wildman–Crippen LogP) is 3.60. The van der Waals surface area contributed by atoms with Crippen molar-refractivity contribution < 1.29 is 9.53 Å². The molecule has 0 aliphatic heterocycles.